The van der Waals surface area contributed by atoms with Gasteiger partial charge in [0.15, 0.2) is 0 Å². The molecule has 0 aromatic heterocycles. The molecule has 2 rings (SSSR count). The van der Waals surface area contributed by atoms with Gasteiger partial charge in [0.2, 0.25) is 0 Å². The fourth-order valence-corrected chi connectivity index (χ4v) is 2.53. The van der Waals surface area contributed by atoms with E-state index < -0.39 is 0 Å². The monoisotopic (exact) mass is 405 g/mol. The molecule has 1 unspecified atom stereocenters. The zero-order valence-corrected chi connectivity index (χ0v) is 14.0. The lowest BCUT2D eigenvalue weighted by atomic mass is 10.1. The molecule has 0 aliphatic rings. The van der Waals surface area contributed by atoms with Gasteiger partial charge in [-0.3, -0.25) is 0 Å². The molecular formula is C14H11Br2ClFN. The van der Waals surface area contributed by atoms with Crippen molar-refractivity contribution in [3.8, 4) is 0 Å². The van der Waals surface area contributed by atoms with Gasteiger partial charge in [-0.1, -0.05) is 33.6 Å². The molecule has 1 atom stereocenters. The van der Waals surface area contributed by atoms with Crippen molar-refractivity contribution < 1.29 is 4.39 Å². The highest BCUT2D eigenvalue weighted by molar-refractivity contribution is 9.10. The van der Waals surface area contributed by atoms with E-state index >= 15 is 0 Å². The second-order valence-corrected chi connectivity index (χ2v) is 6.34. The number of nitrogens with one attached hydrogen (secondary N) is 1. The van der Waals surface area contributed by atoms with Gasteiger partial charge < -0.3 is 5.32 Å². The van der Waals surface area contributed by atoms with Gasteiger partial charge in [-0.05, 0) is 53.2 Å². The van der Waals surface area contributed by atoms with Crippen molar-refractivity contribution in [2.75, 3.05) is 5.32 Å². The van der Waals surface area contributed by atoms with E-state index in [0.29, 0.717) is 10.6 Å². The summed E-state index contributed by atoms with van der Waals surface area (Å²) in [5.41, 5.74) is 1.46. The molecule has 5 heteroatoms. The molecule has 0 spiro atoms. The minimum absolute atomic E-state index is 0.148. The van der Waals surface area contributed by atoms with Crippen LogP contribution in [0.15, 0.2) is 45.3 Å². The SMILES string of the molecule is CC(Nc1ccc(Br)c(Cl)c1)c1ccc(Br)cc1F. The number of halogens is 4. The first kappa shape index (κ1) is 14.8. The van der Waals surface area contributed by atoms with E-state index in [1.807, 2.05) is 25.1 Å². The molecule has 1 nitrogen and oxygen atoms in total. The predicted molar refractivity (Wildman–Crippen MR) is 85.3 cm³/mol. The van der Waals surface area contributed by atoms with Crippen molar-refractivity contribution in [2.24, 2.45) is 0 Å². The molecule has 0 aliphatic carbocycles. The maximum Gasteiger partial charge on any atom is 0.129 e. The summed E-state index contributed by atoms with van der Waals surface area (Å²) < 4.78 is 15.4. The molecule has 0 radical (unpaired) electrons. The van der Waals surface area contributed by atoms with E-state index in [0.717, 1.165) is 14.6 Å². The summed E-state index contributed by atoms with van der Waals surface area (Å²) in [7, 11) is 0. The Hall–Kier alpha value is -0.580. The average Bonchev–Trinajstić information content (AvgIpc) is 2.33. The molecule has 0 amide bonds. The highest BCUT2D eigenvalue weighted by Gasteiger charge is 2.11. The molecule has 0 aliphatic heterocycles. The second-order valence-electron chi connectivity index (χ2n) is 4.16. The average molecular weight is 408 g/mol. The van der Waals surface area contributed by atoms with Crippen LogP contribution < -0.4 is 5.32 Å². The number of anilines is 1. The van der Waals surface area contributed by atoms with E-state index in [9.17, 15) is 4.39 Å². The lowest BCUT2D eigenvalue weighted by molar-refractivity contribution is 0.599. The van der Waals surface area contributed by atoms with E-state index in [-0.39, 0.29) is 11.9 Å². The van der Waals surface area contributed by atoms with Gasteiger partial charge in [0.25, 0.3) is 0 Å². The summed E-state index contributed by atoms with van der Waals surface area (Å²) >= 11 is 12.6. The third-order valence-corrected chi connectivity index (χ3v) is 4.46. The summed E-state index contributed by atoms with van der Waals surface area (Å²) in [5, 5.41) is 3.84. The first-order valence-corrected chi connectivity index (χ1v) is 7.60. The Labute approximate surface area is 133 Å². The molecule has 0 fully saturated rings. The van der Waals surface area contributed by atoms with E-state index in [4.69, 9.17) is 11.6 Å². The van der Waals surface area contributed by atoms with Crippen LogP contribution in [-0.4, -0.2) is 0 Å². The van der Waals surface area contributed by atoms with E-state index in [1.54, 1.807) is 12.1 Å². The summed E-state index contributed by atoms with van der Waals surface area (Å²) in [4.78, 5) is 0. The van der Waals surface area contributed by atoms with Crippen molar-refractivity contribution in [3.63, 3.8) is 0 Å². The highest BCUT2D eigenvalue weighted by atomic mass is 79.9. The molecule has 0 bridgehead atoms. The number of benzene rings is 2. The van der Waals surface area contributed by atoms with Crippen LogP contribution in [0.4, 0.5) is 10.1 Å². The number of hydrogen-bond acceptors (Lipinski definition) is 1. The minimum Gasteiger partial charge on any atom is -0.378 e. The van der Waals surface area contributed by atoms with Crippen LogP contribution in [0.5, 0.6) is 0 Å². The third kappa shape index (κ3) is 3.71. The van der Waals surface area contributed by atoms with Crippen LogP contribution >= 0.6 is 43.5 Å². The van der Waals surface area contributed by atoms with E-state index in [2.05, 4.69) is 37.2 Å². The Kier molecular flexibility index (Phi) is 4.87. The Morgan fingerprint density at radius 1 is 1.16 bits per heavy atom. The molecule has 0 saturated carbocycles. The zero-order valence-electron chi connectivity index (χ0n) is 10.1. The van der Waals surface area contributed by atoms with Crippen LogP contribution in [0.1, 0.15) is 18.5 Å². The van der Waals surface area contributed by atoms with Crippen LogP contribution in [0.25, 0.3) is 0 Å². The van der Waals surface area contributed by atoms with Gasteiger partial charge in [-0.15, -0.1) is 0 Å². The first-order chi connectivity index (χ1) is 8.97. The molecular weight excluding hydrogens is 396 g/mol. The Morgan fingerprint density at radius 2 is 1.89 bits per heavy atom. The van der Waals surface area contributed by atoms with Crippen LogP contribution in [-0.2, 0) is 0 Å². The zero-order chi connectivity index (χ0) is 14.0. The molecule has 19 heavy (non-hydrogen) atoms. The van der Waals surface area contributed by atoms with Crippen molar-refractivity contribution >= 4 is 49.1 Å². The minimum atomic E-state index is -0.238. The van der Waals surface area contributed by atoms with Crippen molar-refractivity contribution in [2.45, 2.75) is 13.0 Å². The maximum absolute atomic E-state index is 13.8. The summed E-state index contributed by atoms with van der Waals surface area (Å²) in [5.74, 6) is -0.238. The Balaban J connectivity index is 2.20. The third-order valence-electron chi connectivity index (χ3n) is 2.73. The van der Waals surface area contributed by atoms with Crippen molar-refractivity contribution in [1.82, 2.24) is 0 Å². The summed E-state index contributed by atoms with van der Waals surface area (Å²) in [6.45, 7) is 1.91. The van der Waals surface area contributed by atoms with Gasteiger partial charge >= 0.3 is 0 Å². The normalized spacial score (nSPS) is 12.3. The van der Waals surface area contributed by atoms with Crippen LogP contribution in [0, 0.1) is 5.82 Å². The standard InChI is InChI=1S/C14H11Br2ClFN/c1-8(11-4-2-9(15)6-14(11)18)19-10-3-5-12(16)13(17)7-10/h2-8,19H,1H3. The van der Waals surface area contributed by atoms with Gasteiger partial charge in [0.05, 0.1) is 11.1 Å². The number of rotatable bonds is 3. The fourth-order valence-electron chi connectivity index (χ4n) is 1.77. The van der Waals surface area contributed by atoms with E-state index in [1.165, 1.54) is 6.07 Å². The van der Waals surface area contributed by atoms with Crippen LogP contribution in [0.3, 0.4) is 0 Å². The smallest absolute Gasteiger partial charge is 0.129 e. The van der Waals surface area contributed by atoms with Gasteiger partial charge in [-0.25, -0.2) is 4.39 Å². The highest BCUT2D eigenvalue weighted by Crippen LogP contribution is 2.29. The predicted octanol–water partition coefficient (Wildman–Crippen LogP) is 6.18. The van der Waals surface area contributed by atoms with Crippen LogP contribution in [0.2, 0.25) is 5.02 Å². The Bertz CT molecular complexity index is 604. The van der Waals surface area contributed by atoms with Crippen molar-refractivity contribution in [1.29, 1.82) is 0 Å². The quantitative estimate of drug-likeness (QED) is 0.641. The van der Waals surface area contributed by atoms with Crippen molar-refractivity contribution in [3.05, 3.63) is 61.7 Å². The first-order valence-electron chi connectivity index (χ1n) is 5.64. The Morgan fingerprint density at radius 3 is 2.53 bits per heavy atom. The summed E-state index contributed by atoms with van der Waals surface area (Å²) in [6.07, 6.45) is 0. The largest absolute Gasteiger partial charge is 0.378 e. The lowest BCUT2D eigenvalue weighted by Gasteiger charge is -2.17. The van der Waals surface area contributed by atoms with Gasteiger partial charge in [0, 0.05) is 20.2 Å². The molecule has 2 aromatic carbocycles. The number of hydrogen-bond donors (Lipinski definition) is 1. The van der Waals surface area contributed by atoms with Gasteiger partial charge in [0.1, 0.15) is 5.82 Å². The molecule has 2 aromatic rings. The maximum atomic E-state index is 13.8. The fraction of sp³-hybridized carbons (Fsp3) is 0.143. The topological polar surface area (TPSA) is 12.0 Å². The second kappa shape index (κ2) is 6.25. The van der Waals surface area contributed by atoms with Gasteiger partial charge in [-0.2, -0.15) is 0 Å². The molecule has 0 saturated heterocycles. The molecule has 0 heterocycles. The molecule has 100 valence electrons. The molecule has 1 N–H and O–H groups in total. The lowest BCUT2D eigenvalue weighted by Crippen LogP contribution is -2.08. The summed E-state index contributed by atoms with van der Waals surface area (Å²) in [6, 6.07) is 10.5.